The van der Waals surface area contributed by atoms with Crippen molar-refractivity contribution in [2.24, 2.45) is 0 Å². The van der Waals surface area contributed by atoms with Crippen molar-refractivity contribution in [2.75, 3.05) is 26.1 Å². The fourth-order valence-electron chi connectivity index (χ4n) is 2.26. The first kappa shape index (κ1) is 18.9. The largest absolute Gasteiger partial charge is 0.494 e. The first-order valence-corrected chi connectivity index (χ1v) is 7.99. The molecule has 0 unspecified atom stereocenters. The van der Waals surface area contributed by atoms with Gasteiger partial charge in [-0.3, -0.25) is 4.79 Å². The summed E-state index contributed by atoms with van der Waals surface area (Å²) in [5.74, 6) is 1.31. The van der Waals surface area contributed by atoms with Gasteiger partial charge in [0, 0.05) is 5.69 Å². The van der Waals surface area contributed by atoms with E-state index in [-0.39, 0.29) is 5.57 Å². The molecule has 0 heterocycles. The van der Waals surface area contributed by atoms with Crippen LogP contribution in [0.4, 0.5) is 5.69 Å². The van der Waals surface area contributed by atoms with E-state index in [1.165, 1.54) is 13.2 Å². The topological polar surface area (TPSA) is 80.6 Å². The van der Waals surface area contributed by atoms with E-state index >= 15 is 0 Å². The Balaban J connectivity index is 2.17. The van der Waals surface area contributed by atoms with Crippen LogP contribution in [0.5, 0.6) is 17.2 Å². The number of methoxy groups -OCH3 is 2. The van der Waals surface area contributed by atoms with E-state index in [0.29, 0.717) is 35.1 Å². The molecule has 2 rings (SSSR count). The number of benzene rings is 2. The van der Waals surface area contributed by atoms with Crippen LogP contribution in [0.25, 0.3) is 6.08 Å². The van der Waals surface area contributed by atoms with Crippen molar-refractivity contribution >= 4 is 17.7 Å². The Bertz CT molecular complexity index is 836. The fraction of sp³-hybridized carbons (Fsp3) is 0.200. The maximum atomic E-state index is 12.3. The van der Waals surface area contributed by atoms with Crippen LogP contribution >= 0.6 is 0 Å². The highest BCUT2D eigenvalue weighted by atomic mass is 16.5. The average molecular weight is 352 g/mol. The Morgan fingerprint density at radius 3 is 2.38 bits per heavy atom. The molecule has 0 aromatic heterocycles. The minimum absolute atomic E-state index is 0.0221. The number of nitrogens with zero attached hydrogens (tertiary/aromatic N) is 1. The fourth-order valence-corrected chi connectivity index (χ4v) is 2.26. The van der Waals surface area contributed by atoms with E-state index in [0.717, 1.165) is 0 Å². The van der Waals surface area contributed by atoms with E-state index in [4.69, 9.17) is 14.2 Å². The third-order valence-corrected chi connectivity index (χ3v) is 3.51. The van der Waals surface area contributed by atoms with Gasteiger partial charge in [-0.15, -0.1) is 0 Å². The van der Waals surface area contributed by atoms with Gasteiger partial charge in [-0.1, -0.05) is 6.07 Å². The predicted molar refractivity (Wildman–Crippen MR) is 99.4 cm³/mol. The molecule has 0 aliphatic heterocycles. The van der Waals surface area contributed by atoms with Crippen molar-refractivity contribution < 1.29 is 19.0 Å². The molecule has 0 radical (unpaired) electrons. The van der Waals surface area contributed by atoms with Gasteiger partial charge in [-0.2, -0.15) is 5.26 Å². The SMILES string of the molecule is CCOc1ccc(NC(=O)/C(C#N)=C/c2ccc(OC)c(OC)c2)cc1. The summed E-state index contributed by atoms with van der Waals surface area (Å²) in [6.07, 6.45) is 1.49. The third kappa shape index (κ3) is 4.77. The van der Waals surface area contributed by atoms with Crippen molar-refractivity contribution in [3.05, 3.63) is 53.6 Å². The van der Waals surface area contributed by atoms with Gasteiger partial charge in [0.2, 0.25) is 0 Å². The van der Waals surface area contributed by atoms with E-state index < -0.39 is 5.91 Å². The Labute approximate surface area is 152 Å². The molecular weight excluding hydrogens is 332 g/mol. The lowest BCUT2D eigenvalue weighted by molar-refractivity contribution is -0.112. The smallest absolute Gasteiger partial charge is 0.266 e. The maximum Gasteiger partial charge on any atom is 0.266 e. The molecule has 0 saturated heterocycles. The van der Waals surface area contributed by atoms with Crippen LogP contribution < -0.4 is 19.5 Å². The molecule has 0 aliphatic carbocycles. The number of nitriles is 1. The molecule has 0 bridgehead atoms. The molecule has 1 N–H and O–H groups in total. The van der Waals surface area contributed by atoms with Gasteiger partial charge in [-0.05, 0) is 55.0 Å². The number of hydrogen-bond acceptors (Lipinski definition) is 5. The lowest BCUT2D eigenvalue weighted by Crippen LogP contribution is -2.13. The van der Waals surface area contributed by atoms with Crippen LogP contribution in [-0.2, 0) is 4.79 Å². The number of nitrogens with one attached hydrogen (secondary N) is 1. The van der Waals surface area contributed by atoms with E-state index in [1.54, 1.807) is 49.6 Å². The van der Waals surface area contributed by atoms with Gasteiger partial charge < -0.3 is 19.5 Å². The molecule has 2 aromatic rings. The van der Waals surface area contributed by atoms with E-state index in [9.17, 15) is 10.1 Å². The zero-order chi connectivity index (χ0) is 18.9. The molecule has 6 heteroatoms. The number of amides is 1. The monoisotopic (exact) mass is 352 g/mol. The van der Waals surface area contributed by atoms with Crippen molar-refractivity contribution in [3.8, 4) is 23.3 Å². The molecule has 134 valence electrons. The molecule has 0 aliphatic rings. The first-order valence-electron chi connectivity index (χ1n) is 7.99. The third-order valence-electron chi connectivity index (χ3n) is 3.51. The summed E-state index contributed by atoms with van der Waals surface area (Å²) in [7, 11) is 3.06. The predicted octanol–water partition coefficient (Wildman–Crippen LogP) is 3.65. The van der Waals surface area contributed by atoms with Crippen LogP contribution in [0.2, 0.25) is 0 Å². The molecule has 0 fully saturated rings. The summed E-state index contributed by atoms with van der Waals surface area (Å²) < 4.78 is 15.8. The van der Waals surface area contributed by atoms with Crippen LogP contribution in [-0.4, -0.2) is 26.7 Å². The van der Waals surface area contributed by atoms with Crippen LogP contribution in [0.1, 0.15) is 12.5 Å². The molecule has 1 amide bonds. The lowest BCUT2D eigenvalue weighted by Gasteiger charge is -2.08. The van der Waals surface area contributed by atoms with Gasteiger partial charge >= 0.3 is 0 Å². The Morgan fingerprint density at radius 1 is 1.12 bits per heavy atom. The number of anilines is 1. The summed E-state index contributed by atoms with van der Waals surface area (Å²) >= 11 is 0. The summed E-state index contributed by atoms with van der Waals surface area (Å²) in [4.78, 5) is 12.3. The Morgan fingerprint density at radius 2 is 1.81 bits per heavy atom. The minimum atomic E-state index is -0.494. The molecule has 2 aromatic carbocycles. The van der Waals surface area contributed by atoms with Gasteiger partial charge in [0.1, 0.15) is 17.4 Å². The number of rotatable bonds is 7. The molecule has 0 spiro atoms. The van der Waals surface area contributed by atoms with Crippen molar-refractivity contribution in [1.29, 1.82) is 5.26 Å². The van der Waals surface area contributed by atoms with Crippen LogP contribution in [0.3, 0.4) is 0 Å². The maximum absolute atomic E-state index is 12.3. The van der Waals surface area contributed by atoms with Gasteiger partial charge in [0.05, 0.1) is 20.8 Å². The van der Waals surface area contributed by atoms with Gasteiger partial charge in [0.25, 0.3) is 5.91 Å². The van der Waals surface area contributed by atoms with Crippen molar-refractivity contribution in [1.82, 2.24) is 0 Å². The highest BCUT2D eigenvalue weighted by Crippen LogP contribution is 2.28. The van der Waals surface area contributed by atoms with Crippen LogP contribution in [0.15, 0.2) is 48.0 Å². The van der Waals surface area contributed by atoms with E-state index in [2.05, 4.69) is 5.32 Å². The van der Waals surface area contributed by atoms with E-state index in [1.807, 2.05) is 13.0 Å². The standard InChI is InChI=1S/C20H20N2O4/c1-4-26-17-8-6-16(7-9-17)22-20(23)15(13-21)11-14-5-10-18(24-2)19(12-14)25-3/h5-12H,4H2,1-3H3,(H,22,23)/b15-11+. The normalized spacial score (nSPS) is 10.6. The number of carbonyl (C=O) groups excluding carboxylic acids is 1. The molecule has 0 saturated carbocycles. The lowest BCUT2D eigenvalue weighted by atomic mass is 10.1. The summed E-state index contributed by atoms with van der Waals surface area (Å²) in [6, 6.07) is 14.0. The highest BCUT2D eigenvalue weighted by Gasteiger charge is 2.11. The Hall–Kier alpha value is -3.46. The molecule has 0 atom stereocenters. The summed E-state index contributed by atoms with van der Waals surface area (Å²) in [5.41, 5.74) is 1.21. The second-order valence-corrected chi connectivity index (χ2v) is 5.20. The number of hydrogen-bond donors (Lipinski definition) is 1. The number of ether oxygens (including phenoxy) is 3. The number of carbonyl (C=O) groups is 1. The second-order valence-electron chi connectivity index (χ2n) is 5.20. The second kappa shape index (κ2) is 9.14. The summed E-state index contributed by atoms with van der Waals surface area (Å²) in [6.45, 7) is 2.46. The quantitative estimate of drug-likeness (QED) is 0.608. The van der Waals surface area contributed by atoms with Crippen LogP contribution in [0, 0.1) is 11.3 Å². The Kier molecular flexibility index (Phi) is 6.63. The molecular formula is C20H20N2O4. The first-order chi connectivity index (χ1) is 12.6. The van der Waals surface area contributed by atoms with Gasteiger partial charge in [0.15, 0.2) is 11.5 Å². The van der Waals surface area contributed by atoms with Gasteiger partial charge in [-0.25, -0.2) is 0 Å². The van der Waals surface area contributed by atoms with Crippen molar-refractivity contribution in [2.45, 2.75) is 6.92 Å². The highest BCUT2D eigenvalue weighted by molar-refractivity contribution is 6.09. The van der Waals surface area contributed by atoms with Crippen molar-refractivity contribution in [3.63, 3.8) is 0 Å². The minimum Gasteiger partial charge on any atom is -0.494 e. The molecule has 26 heavy (non-hydrogen) atoms. The zero-order valence-corrected chi connectivity index (χ0v) is 14.9. The summed E-state index contributed by atoms with van der Waals surface area (Å²) in [5, 5.41) is 12.0. The zero-order valence-electron chi connectivity index (χ0n) is 14.9. The average Bonchev–Trinajstić information content (AvgIpc) is 2.67. The molecule has 6 nitrogen and oxygen atoms in total.